The zero-order valence-electron chi connectivity index (χ0n) is 10.9. The van der Waals surface area contributed by atoms with Gasteiger partial charge < -0.3 is 0 Å². The van der Waals surface area contributed by atoms with E-state index in [2.05, 4.69) is 5.43 Å². The minimum atomic E-state index is -0.819. The summed E-state index contributed by atoms with van der Waals surface area (Å²) in [6.07, 6.45) is 6.29. The molecule has 0 heterocycles. The van der Waals surface area contributed by atoms with Gasteiger partial charge in [-0.1, -0.05) is 31.4 Å². The van der Waals surface area contributed by atoms with Gasteiger partial charge in [-0.25, -0.2) is 8.78 Å². The lowest BCUT2D eigenvalue weighted by Gasteiger charge is -2.24. The molecule has 0 spiro atoms. The first-order valence-corrected chi connectivity index (χ1v) is 7.79. The lowest BCUT2D eigenvalue weighted by atomic mass is 10.0. The minimum Gasteiger partial charge on any atom is -0.271 e. The first-order valence-electron chi connectivity index (χ1n) is 6.74. The molecule has 1 fully saturated rings. The summed E-state index contributed by atoms with van der Waals surface area (Å²) in [7, 11) is 0. The highest BCUT2D eigenvalue weighted by atomic mass is 32.2. The monoisotopic (exact) mass is 286 g/mol. The Morgan fingerprint density at radius 3 is 2.68 bits per heavy atom. The van der Waals surface area contributed by atoms with Gasteiger partial charge in [-0.2, -0.15) is 11.8 Å². The van der Waals surface area contributed by atoms with Gasteiger partial charge in [-0.3, -0.25) is 11.3 Å². The van der Waals surface area contributed by atoms with Crippen molar-refractivity contribution in [3.8, 4) is 0 Å². The fraction of sp³-hybridized carbons (Fsp3) is 0.571. The van der Waals surface area contributed by atoms with E-state index in [0.717, 1.165) is 6.07 Å². The summed E-state index contributed by atoms with van der Waals surface area (Å²) < 4.78 is 26.9. The molecule has 5 heteroatoms. The summed E-state index contributed by atoms with van der Waals surface area (Å²) in [5.74, 6) is 4.54. The van der Waals surface area contributed by atoms with Crippen LogP contribution in [0.2, 0.25) is 0 Å². The van der Waals surface area contributed by atoms with Gasteiger partial charge in [-0.05, 0) is 18.9 Å². The summed E-state index contributed by atoms with van der Waals surface area (Å²) >= 11 is 1.81. The van der Waals surface area contributed by atoms with E-state index in [4.69, 9.17) is 5.84 Å². The molecule has 1 aliphatic carbocycles. The summed E-state index contributed by atoms with van der Waals surface area (Å²) in [5.41, 5.74) is 2.91. The van der Waals surface area contributed by atoms with Gasteiger partial charge in [0.1, 0.15) is 0 Å². The number of rotatable bonds is 5. The molecule has 1 atom stereocenters. The van der Waals surface area contributed by atoms with Crippen molar-refractivity contribution in [3.05, 3.63) is 35.4 Å². The van der Waals surface area contributed by atoms with Crippen molar-refractivity contribution in [2.24, 2.45) is 5.84 Å². The quantitative estimate of drug-likeness (QED) is 0.642. The lowest BCUT2D eigenvalue weighted by Crippen LogP contribution is -2.31. The Morgan fingerprint density at radius 1 is 1.26 bits per heavy atom. The number of nitrogens with two attached hydrogens (primary N) is 1. The number of thioether (sulfide) groups is 1. The topological polar surface area (TPSA) is 38.0 Å². The molecule has 0 bridgehead atoms. The van der Waals surface area contributed by atoms with Crippen LogP contribution in [0.1, 0.15) is 43.7 Å². The molecule has 1 saturated carbocycles. The van der Waals surface area contributed by atoms with Gasteiger partial charge in [0.15, 0.2) is 11.6 Å². The van der Waals surface area contributed by atoms with Crippen molar-refractivity contribution >= 4 is 11.8 Å². The third-order valence-electron chi connectivity index (χ3n) is 3.61. The number of hydrogen-bond donors (Lipinski definition) is 2. The van der Waals surface area contributed by atoms with Crippen LogP contribution in [0.3, 0.4) is 0 Å². The Labute approximate surface area is 117 Å². The highest BCUT2D eigenvalue weighted by Crippen LogP contribution is 2.31. The van der Waals surface area contributed by atoms with Crippen molar-refractivity contribution in [3.63, 3.8) is 0 Å². The predicted molar refractivity (Wildman–Crippen MR) is 75.8 cm³/mol. The molecule has 3 N–H and O–H groups in total. The smallest absolute Gasteiger partial charge is 0.163 e. The first kappa shape index (κ1) is 14.8. The number of hydrazine groups is 1. The van der Waals surface area contributed by atoms with Crippen LogP contribution in [0.5, 0.6) is 0 Å². The molecule has 2 nitrogen and oxygen atoms in total. The van der Waals surface area contributed by atoms with Crippen LogP contribution in [0.25, 0.3) is 0 Å². The third-order valence-corrected chi connectivity index (χ3v) is 5.08. The van der Waals surface area contributed by atoms with Crippen molar-refractivity contribution in [2.45, 2.75) is 43.4 Å². The molecular formula is C14H20F2N2S. The van der Waals surface area contributed by atoms with E-state index in [0.29, 0.717) is 16.6 Å². The largest absolute Gasteiger partial charge is 0.271 e. The van der Waals surface area contributed by atoms with Crippen LogP contribution in [0, 0.1) is 11.6 Å². The van der Waals surface area contributed by atoms with E-state index in [9.17, 15) is 8.78 Å². The first-order chi connectivity index (χ1) is 9.22. The normalized spacial score (nSPS) is 18.5. The SMILES string of the molecule is NNC(CSC1CCCCC1)c1cccc(F)c1F. The molecule has 2 rings (SSSR count). The average Bonchev–Trinajstić information content (AvgIpc) is 2.45. The van der Waals surface area contributed by atoms with E-state index < -0.39 is 11.6 Å². The second-order valence-electron chi connectivity index (χ2n) is 4.96. The second-order valence-corrected chi connectivity index (χ2v) is 6.29. The molecule has 19 heavy (non-hydrogen) atoms. The Balaban J connectivity index is 1.97. The summed E-state index contributed by atoms with van der Waals surface area (Å²) in [5, 5.41) is 0.626. The number of halogens is 2. The maximum absolute atomic E-state index is 13.7. The summed E-state index contributed by atoms with van der Waals surface area (Å²) in [6, 6.07) is 3.89. The van der Waals surface area contributed by atoms with Crippen LogP contribution in [0.4, 0.5) is 8.78 Å². The molecule has 1 unspecified atom stereocenters. The van der Waals surface area contributed by atoms with E-state index in [1.807, 2.05) is 11.8 Å². The molecule has 0 saturated heterocycles. The fourth-order valence-corrected chi connectivity index (χ4v) is 3.89. The molecule has 0 aliphatic heterocycles. The van der Waals surface area contributed by atoms with Crippen molar-refractivity contribution in [1.82, 2.24) is 5.43 Å². The van der Waals surface area contributed by atoms with Crippen LogP contribution in [-0.2, 0) is 0 Å². The van der Waals surface area contributed by atoms with Crippen molar-refractivity contribution < 1.29 is 8.78 Å². The van der Waals surface area contributed by atoms with Crippen molar-refractivity contribution in [1.29, 1.82) is 0 Å². The Hall–Kier alpha value is -0.650. The van der Waals surface area contributed by atoms with Gasteiger partial charge in [0.05, 0.1) is 6.04 Å². The molecule has 0 aromatic heterocycles. The third kappa shape index (κ3) is 3.91. The van der Waals surface area contributed by atoms with Gasteiger partial charge >= 0.3 is 0 Å². The van der Waals surface area contributed by atoms with Crippen LogP contribution in [-0.4, -0.2) is 11.0 Å². The van der Waals surface area contributed by atoms with Crippen molar-refractivity contribution in [2.75, 3.05) is 5.75 Å². The highest BCUT2D eigenvalue weighted by Gasteiger charge is 2.20. The van der Waals surface area contributed by atoms with Crippen LogP contribution in [0.15, 0.2) is 18.2 Å². The minimum absolute atomic E-state index is 0.311. The molecule has 1 aromatic carbocycles. The second kappa shape index (κ2) is 7.22. The Kier molecular flexibility index (Phi) is 5.60. The highest BCUT2D eigenvalue weighted by molar-refractivity contribution is 7.99. The van der Waals surface area contributed by atoms with Gasteiger partial charge in [0, 0.05) is 16.6 Å². The summed E-state index contributed by atoms with van der Waals surface area (Å²) in [4.78, 5) is 0. The maximum atomic E-state index is 13.7. The molecular weight excluding hydrogens is 266 g/mol. The van der Waals surface area contributed by atoms with E-state index in [1.165, 1.54) is 38.2 Å². The zero-order valence-corrected chi connectivity index (χ0v) is 11.7. The maximum Gasteiger partial charge on any atom is 0.163 e. The van der Waals surface area contributed by atoms with E-state index >= 15 is 0 Å². The van der Waals surface area contributed by atoms with E-state index in [1.54, 1.807) is 6.07 Å². The zero-order chi connectivity index (χ0) is 13.7. The molecule has 0 radical (unpaired) electrons. The van der Waals surface area contributed by atoms with Gasteiger partial charge in [0.25, 0.3) is 0 Å². The van der Waals surface area contributed by atoms with Gasteiger partial charge in [-0.15, -0.1) is 0 Å². The fourth-order valence-electron chi connectivity index (χ4n) is 2.48. The molecule has 106 valence electrons. The predicted octanol–water partition coefficient (Wildman–Crippen LogP) is 3.54. The Morgan fingerprint density at radius 2 is 2.00 bits per heavy atom. The van der Waals surface area contributed by atoms with Crippen LogP contribution < -0.4 is 11.3 Å². The van der Waals surface area contributed by atoms with Crippen LogP contribution >= 0.6 is 11.8 Å². The number of nitrogens with one attached hydrogen (secondary N) is 1. The molecule has 0 amide bonds. The van der Waals surface area contributed by atoms with E-state index in [-0.39, 0.29) is 6.04 Å². The standard InChI is InChI=1S/C14H20F2N2S/c15-12-8-4-7-11(14(12)16)13(18-17)9-19-10-5-2-1-3-6-10/h4,7-8,10,13,18H,1-3,5-6,9,17H2. The number of benzene rings is 1. The molecule has 1 aliphatic rings. The molecule has 1 aromatic rings. The van der Waals surface area contributed by atoms with Gasteiger partial charge in [0.2, 0.25) is 0 Å². The average molecular weight is 286 g/mol. The lowest BCUT2D eigenvalue weighted by molar-refractivity contribution is 0.477. The number of hydrogen-bond acceptors (Lipinski definition) is 3. The Bertz CT molecular complexity index is 408. The summed E-state index contributed by atoms with van der Waals surface area (Å²) in [6.45, 7) is 0.